The molecule has 1 aliphatic heterocycles. The fourth-order valence-electron chi connectivity index (χ4n) is 2.87. The Morgan fingerprint density at radius 3 is 2.70 bits per heavy atom. The summed E-state index contributed by atoms with van der Waals surface area (Å²) in [4.78, 5) is 14.7. The topological polar surface area (TPSA) is 55.6 Å². The Morgan fingerprint density at radius 1 is 1.13 bits per heavy atom. The first-order valence-electron chi connectivity index (χ1n) is 8.12. The fourth-order valence-corrected chi connectivity index (χ4v) is 2.87. The van der Waals surface area contributed by atoms with Crippen molar-refractivity contribution in [3.63, 3.8) is 0 Å². The Kier molecular flexibility index (Phi) is 4.93. The van der Waals surface area contributed by atoms with Crippen LogP contribution < -0.4 is 15.4 Å². The first kappa shape index (κ1) is 15.6. The van der Waals surface area contributed by atoms with Crippen molar-refractivity contribution in [2.24, 2.45) is 5.73 Å². The molecular weight excluding hydrogens is 288 g/mol. The molecule has 1 heterocycles. The van der Waals surface area contributed by atoms with Gasteiger partial charge in [0, 0.05) is 17.8 Å². The van der Waals surface area contributed by atoms with Gasteiger partial charge in [-0.05, 0) is 61.7 Å². The third-order valence-corrected chi connectivity index (χ3v) is 4.07. The van der Waals surface area contributed by atoms with Gasteiger partial charge in [0.25, 0.3) is 5.91 Å². The molecule has 0 saturated carbocycles. The molecule has 0 aliphatic carbocycles. The van der Waals surface area contributed by atoms with Gasteiger partial charge in [0.1, 0.15) is 5.75 Å². The summed E-state index contributed by atoms with van der Waals surface area (Å²) in [6.45, 7) is 1.98. The maximum atomic E-state index is 12.8. The van der Waals surface area contributed by atoms with E-state index in [-0.39, 0.29) is 5.91 Å². The molecule has 1 aliphatic rings. The number of hydrogen-bond donors (Lipinski definition) is 1. The van der Waals surface area contributed by atoms with Crippen molar-refractivity contribution in [3.8, 4) is 5.75 Å². The van der Waals surface area contributed by atoms with Gasteiger partial charge in [-0.1, -0.05) is 18.2 Å². The van der Waals surface area contributed by atoms with Crippen molar-refractivity contribution >= 4 is 11.6 Å². The van der Waals surface area contributed by atoms with Crippen molar-refractivity contribution in [2.45, 2.75) is 19.3 Å². The summed E-state index contributed by atoms with van der Waals surface area (Å²) in [6, 6.07) is 15.5. The van der Waals surface area contributed by atoms with Gasteiger partial charge in [-0.25, -0.2) is 0 Å². The predicted molar refractivity (Wildman–Crippen MR) is 92.0 cm³/mol. The van der Waals surface area contributed by atoms with Gasteiger partial charge in [-0.15, -0.1) is 0 Å². The minimum absolute atomic E-state index is 0.0469. The number of carbonyl (C=O) groups excluding carboxylic acids is 1. The van der Waals surface area contributed by atoms with Crippen LogP contribution in [-0.2, 0) is 6.42 Å². The second kappa shape index (κ2) is 7.29. The minimum atomic E-state index is 0.0469. The van der Waals surface area contributed by atoms with Crippen LogP contribution in [0, 0.1) is 0 Å². The van der Waals surface area contributed by atoms with E-state index in [1.54, 1.807) is 0 Å². The number of ether oxygens (including phenoxy) is 1. The number of carbonyl (C=O) groups is 1. The molecule has 2 aromatic rings. The SMILES string of the molecule is NCCCOc1ccc(C(=O)N2CCCc3ccccc32)cc1. The highest BCUT2D eigenvalue weighted by Gasteiger charge is 2.23. The number of fused-ring (bicyclic) bond motifs is 1. The molecule has 0 bridgehead atoms. The molecule has 4 nitrogen and oxygen atoms in total. The van der Waals surface area contributed by atoms with Crippen LogP contribution >= 0.6 is 0 Å². The first-order chi connectivity index (χ1) is 11.3. The van der Waals surface area contributed by atoms with Gasteiger partial charge >= 0.3 is 0 Å². The third kappa shape index (κ3) is 3.54. The molecule has 2 N–H and O–H groups in total. The minimum Gasteiger partial charge on any atom is -0.494 e. The molecule has 0 aromatic heterocycles. The second-order valence-electron chi connectivity index (χ2n) is 5.70. The Morgan fingerprint density at radius 2 is 1.91 bits per heavy atom. The highest BCUT2D eigenvalue weighted by atomic mass is 16.5. The van der Waals surface area contributed by atoms with Gasteiger partial charge in [0.05, 0.1) is 6.61 Å². The number of amides is 1. The Balaban J connectivity index is 1.74. The van der Waals surface area contributed by atoms with Crippen LogP contribution in [0.1, 0.15) is 28.8 Å². The van der Waals surface area contributed by atoms with Crippen LogP contribution in [0.3, 0.4) is 0 Å². The average molecular weight is 310 g/mol. The van der Waals surface area contributed by atoms with Gasteiger partial charge < -0.3 is 15.4 Å². The van der Waals surface area contributed by atoms with E-state index in [1.165, 1.54) is 5.56 Å². The summed E-state index contributed by atoms with van der Waals surface area (Å²) in [5, 5.41) is 0. The number of aryl methyl sites for hydroxylation is 1. The number of nitrogens with two attached hydrogens (primary N) is 1. The van der Waals surface area contributed by atoms with Crippen molar-refractivity contribution in [2.75, 3.05) is 24.6 Å². The van der Waals surface area contributed by atoms with Crippen LogP contribution in [0.4, 0.5) is 5.69 Å². The molecule has 0 spiro atoms. The molecule has 0 radical (unpaired) electrons. The average Bonchev–Trinajstić information content (AvgIpc) is 2.61. The highest BCUT2D eigenvalue weighted by Crippen LogP contribution is 2.28. The van der Waals surface area contributed by atoms with Crippen molar-refractivity contribution in [3.05, 3.63) is 59.7 Å². The molecular formula is C19H22N2O2. The van der Waals surface area contributed by atoms with Crippen LogP contribution in [0.15, 0.2) is 48.5 Å². The zero-order valence-corrected chi connectivity index (χ0v) is 13.2. The van der Waals surface area contributed by atoms with Crippen molar-refractivity contribution in [1.29, 1.82) is 0 Å². The second-order valence-corrected chi connectivity index (χ2v) is 5.70. The zero-order chi connectivity index (χ0) is 16.1. The lowest BCUT2D eigenvalue weighted by Crippen LogP contribution is -2.35. The van der Waals surface area contributed by atoms with Crippen LogP contribution in [0.25, 0.3) is 0 Å². The summed E-state index contributed by atoms with van der Waals surface area (Å²) >= 11 is 0. The smallest absolute Gasteiger partial charge is 0.258 e. The maximum absolute atomic E-state index is 12.8. The lowest BCUT2D eigenvalue weighted by Gasteiger charge is -2.29. The molecule has 0 atom stereocenters. The molecule has 3 rings (SSSR count). The predicted octanol–water partition coefficient (Wildman–Crippen LogP) is 3.01. The highest BCUT2D eigenvalue weighted by molar-refractivity contribution is 6.06. The summed E-state index contributed by atoms with van der Waals surface area (Å²) < 4.78 is 5.58. The maximum Gasteiger partial charge on any atom is 0.258 e. The van der Waals surface area contributed by atoms with E-state index in [9.17, 15) is 4.79 Å². The number of benzene rings is 2. The normalized spacial score (nSPS) is 13.5. The van der Waals surface area contributed by atoms with Crippen LogP contribution in [0.2, 0.25) is 0 Å². The monoisotopic (exact) mass is 310 g/mol. The van der Waals surface area contributed by atoms with Crippen molar-refractivity contribution < 1.29 is 9.53 Å². The molecule has 1 amide bonds. The molecule has 23 heavy (non-hydrogen) atoms. The summed E-state index contributed by atoms with van der Waals surface area (Å²) in [5.41, 5.74) is 8.41. The Bertz CT molecular complexity index is 667. The van der Waals surface area contributed by atoms with E-state index in [2.05, 4.69) is 6.07 Å². The van der Waals surface area contributed by atoms with E-state index in [1.807, 2.05) is 47.4 Å². The number of hydrogen-bond acceptors (Lipinski definition) is 3. The summed E-state index contributed by atoms with van der Waals surface area (Å²) in [6.07, 6.45) is 2.86. The van der Waals surface area contributed by atoms with E-state index in [0.29, 0.717) is 18.7 Å². The lowest BCUT2D eigenvalue weighted by atomic mass is 10.0. The van der Waals surface area contributed by atoms with Gasteiger partial charge in [-0.2, -0.15) is 0 Å². The molecule has 0 saturated heterocycles. The largest absolute Gasteiger partial charge is 0.494 e. The molecule has 4 heteroatoms. The quantitative estimate of drug-likeness (QED) is 0.864. The van der Waals surface area contributed by atoms with E-state index < -0.39 is 0 Å². The molecule has 120 valence electrons. The summed E-state index contributed by atoms with van der Waals surface area (Å²) in [7, 11) is 0. The van der Waals surface area contributed by atoms with E-state index >= 15 is 0 Å². The zero-order valence-electron chi connectivity index (χ0n) is 13.2. The molecule has 0 fully saturated rings. The van der Waals surface area contributed by atoms with E-state index in [0.717, 1.165) is 37.2 Å². The van der Waals surface area contributed by atoms with E-state index in [4.69, 9.17) is 10.5 Å². The number of para-hydroxylation sites is 1. The summed E-state index contributed by atoms with van der Waals surface area (Å²) in [5.74, 6) is 0.819. The number of anilines is 1. The van der Waals surface area contributed by atoms with Gasteiger partial charge in [0.2, 0.25) is 0 Å². The van der Waals surface area contributed by atoms with Crippen LogP contribution in [0.5, 0.6) is 5.75 Å². The van der Waals surface area contributed by atoms with Gasteiger partial charge in [0.15, 0.2) is 0 Å². The molecule has 2 aromatic carbocycles. The lowest BCUT2D eigenvalue weighted by molar-refractivity contribution is 0.0985. The van der Waals surface area contributed by atoms with Crippen LogP contribution in [-0.4, -0.2) is 25.6 Å². The Labute approximate surface area is 136 Å². The van der Waals surface area contributed by atoms with Gasteiger partial charge in [-0.3, -0.25) is 4.79 Å². The fraction of sp³-hybridized carbons (Fsp3) is 0.316. The third-order valence-electron chi connectivity index (χ3n) is 4.07. The van der Waals surface area contributed by atoms with Crippen molar-refractivity contribution in [1.82, 2.24) is 0 Å². The number of nitrogens with zero attached hydrogens (tertiary/aromatic N) is 1. The Hall–Kier alpha value is -2.33. The molecule has 0 unspecified atom stereocenters. The number of rotatable bonds is 5. The standard InChI is InChI=1S/C19H22N2O2/c20-12-4-14-23-17-10-8-16(9-11-17)19(22)21-13-3-6-15-5-1-2-7-18(15)21/h1-2,5,7-11H,3-4,6,12-14,20H2. The first-order valence-corrected chi connectivity index (χ1v) is 8.12.